The molecule has 0 saturated carbocycles. The van der Waals surface area contributed by atoms with Gasteiger partial charge in [-0.2, -0.15) is 0 Å². The number of ether oxygens (including phenoxy) is 1. The number of pyridine rings is 1. The van der Waals surface area contributed by atoms with E-state index < -0.39 is 5.60 Å². The van der Waals surface area contributed by atoms with E-state index in [1.807, 2.05) is 65.6 Å². The number of halogens is 1. The molecule has 11 heteroatoms. The summed E-state index contributed by atoms with van der Waals surface area (Å²) in [7, 11) is 0. The molecule has 0 atom stereocenters. The topological polar surface area (TPSA) is 99.6 Å². The summed E-state index contributed by atoms with van der Waals surface area (Å²) in [5.41, 5.74) is 0.485. The first-order chi connectivity index (χ1) is 20.0. The van der Waals surface area contributed by atoms with Crippen molar-refractivity contribution in [1.29, 1.82) is 0 Å². The third-order valence-electron chi connectivity index (χ3n) is 7.75. The Balaban J connectivity index is 0.996. The molecule has 0 radical (unpaired) electrons. The Labute approximate surface area is 243 Å². The smallest absolute Gasteiger partial charge is 0.321 e. The van der Waals surface area contributed by atoms with Gasteiger partial charge in [0.05, 0.1) is 10.7 Å². The lowest BCUT2D eigenvalue weighted by molar-refractivity contribution is -0.124. The van der Waals surface area contributed by atoms with E-state index in [2.05, 4.69) is 20.4 Å². The Morgan fingerprint density at radius 1 is 0.878 bits per heavy atom. The minimum atomic E-state index is -0.556. The molecule has 3 aromatic rings. The lowest BCUT2D eigenvalue weighted by Gasteiger charge is -2.37. The molecule has 2 saturated heterocycles. The van der Waals surface area contributed by atoms with Crippen LogP contribution in [0.4, 0.5) is 16.3 Å². The van der Waals surface area contributed by atoms with Crippen LogP contribution in [-0.4, -0.2) is 77.3 Å². The number of anilines is 2. The number of nitrogens with zero attached hydrogens (tertiary/aromatic N) is 5. The fraction of sp³-hybridized carbons (Fsp3) is 0.333. The van der Waals surface area contributed by atoms with E-state index in [1.54, 1.807) is 17.2 Å². The number of hydrogen-bond donors (Lipinski definition) is 1. The zero-order valence-corrected chi connectivity index (χ0v) is 23.3. The highest BCUT2D eigenvalue weighted by Gasteiger charge is 2.45. The van der Waals surface area contributed by atoms with Gasteiger partial charge >= 0.3 is 6.03 Å². The number of nitrogens with one attached hydrogen (secondary N) is 1. The summed E-state index contributed by atoms with van der Waals surface area (Å²) >= 11 is 6.30. The third kappa shape index (κ3) is 5.92. The number of likely N-dealkylation sites (tertiary alicyclic amines) is 1. The molecule has 41 heavy (non-hydrogen) atoms. The van der Waals surface area contributed by atoms with Crippen LogP contribution < -0.4 is 15.0 Å². The molecular formula is C30H31ClN6O4. The number of para-hydroxylation sites is 3. The van der Waals surface area contributed by atoms with Crippen molar-refractivity contribution in [3.8, 4) is 11.5 Å². The lowest BCUT2D eigenvalue weighted by atomic mass is 9.86. The molecule has 3 aliphatic rings. The van der Waals surface area contributed by atoms with E-state index in [-0.39, 0.29) is 11.9 Å². The maximum atomic E-state index is 13.2. The number of amides is 3. The average molecular weight is 575 g/mol. The molecule has 3 amide bonds. The lowest BCUT2D eigenvalue weighted by Crippen LogP contribution is -2.52. The number of benzene rings is 2. The second-order valence-electron chi connectivity index (χ2n) is 10.4. The van der Waals surface area contributed by atoms with Gasteiger partial charge < -0.3 is 29.6 Å². The molecule has 2 fully saturated rings. The Morgan fingerprint density at radius 3 is 2.37 bits per heavy atom. The van der Waals surface area contributed by atoms with Crippen molar-refractivity contribution in [2.75, 3.05) is 49.5 Å². The van der Waals surface area contributed by atoms with Gasteiger partial charge in [-0.05, 0) is 36.4 Å². The second-order valence-corrected chi connectivity index (χ2v) is 10.8. The molecule has 212 valence electrons. The van der Waals surface area contributed by atoms with Crippen LogP contribution in [-0.2, 0) is 9.63 Å². The molecule has 1 spiro atoms. The van der Waals surface area contributed by atoms with Crippen molar-refractivity contribution in [3.05, 3.63) is 77.9 Å². The number of aromatic nitrogens is 1. The number of rotatable bonds is 5. The van der Waals surface area contributed by atoms with Gasteiger partial charge in [0.1, 0.15) is 22.9 Å². The molecule has 4 heterocycles. The van der Waals surface area contributed by atoms with Crippen LogP contribution >= 0.6 is 11.6 Å². The third-order valence-corrected chi connectivity index (χ3v) is 8.05. The van der Waals surface area contributed by atoms with Crippen molar-refractivity contribution < 1.29 is 19.2 Å². The average Bonchev–Trinajstić information content (AvgIpc) is 3.42. The number of oxime groups is 1. The van der Waals surface area contributed by atoms with Gasteiger partial charge in [0.15, 0.2) is 5.75 Å². The highest BCUT2D eigenvalue weighted by Crippen LogP contribution is 2.36. The number of carbonyl (C=O) groups is 2. The van der Waals surface area contributed by atoms with Gasteiger partial charge in [-0.15, -0.1) is 0 Å². The van der Waals surface area contributed by atoms with E-state index in [4.69, 9.17) is 21.2 Å². The van der Waals surface area contributed by atoms with Crippen molar-refractivity contribution in [3.63, 3.8) is 0 Å². The van der Waals surface area contributed by atoms with Gasteiger partial charge in [-0.25, -0.2) is 9.78 Å². The van der Waals surface area contributed by atoms with Gasteiger partial charge in [0, 0.05) is 64.7 Å². The summed E-state index contributed by atoms with van der Waals surface area (Å²) in [4.78, 5) is 42.3. The maximum absolute atomic E-state index is 13.2. The van der Waals surface area contributed by atoms with E-state index in [1.165, 1.54) is 0 Å². The molecule has 3 aliphatic heterocycles. The molecule has 6 rings (SSSR count). The number of carbonyl (C=O) groups excluding carboxylic acids is 2. The first-order valence-corrected chi connectivity index (χ1v) is 14.2. The second kappa shape index (κ2) is 11.7. The minimum absolute atomic E-state index is 0.0937. The summed E-state index contributed by atoms with van der Waals surface area (Å²) in [5.74, 6) is 1.91. The van der Waals surface area contributed by atoms with Crippen LogP contribution in [0.5, 0.6) is 11.5 Å². The van der Waals surface area contributed by atoms with Gasteiger partial charge in [-0.1, -0.05) is 47.1 Å². The zero-order valence-electron chi connectivity index (χ0n) is 22.5. The van der Waals surface area contributed by atoms with E-state index in [0.717, 1.165) is 5.82 Å². The summed E-state index contributed by atoms with van der Waals surface area (Å²) < 4.78 is 5.98. The molecule has 10 nitrogen and oxygen atoms in total. The largest absolute Gasteiger partial charge is 0.455 e. The number of piperazine rings is 1. The van der Waals surface area contributed by atoms with Crippen LogP contribution in [0.2, 0.25) is 5.02 Å². The standard InChI is InChI=1S/C30H31ClN6O4/c31-23-9-6-14-32-27(23)35-17-19-36(20-18-35)28(38)25-21-30(41-34-25)12-15-37(16-13-30)29(39)33-24-10-4-5-11-26(24)40-22-7-2-1-3-8-22/h1-11,14H,12-13,15-21H2,(H,33,39). The quantitative estimate of drug-likeness (QED) is 0.459. The van der Waals surface area contributed by atoms with Crippen LogP contribution in [0.1, 0.15) is 19.3 Å². The van der Waals surface area contributed by atoms with Crippen LogP contribution in [0.3, 0.4) is 0 Å². The molecule has 0 bridgehead atoms. The molecule has 0 unspecified atom stereocenters. The van der Waals surface area contributed by atoms with E-state index >= 15 is 0 Å². The Morgan fingerprint density at radius 2 is 1.61 bits per heavy atom. The Hall–Kier alpha value is -4.31. The summed E-state index contributed by atoms with van der Waals surface area (Å²) in [6, 6.07) is 20.2. The van der Waals surface area contributed by atoms with Crippen molar-refractivity contribution >= 4 is 40.8 Å². The molecular weight excluding hydrogens is 544 g/mol. The summed E-state index contributed by atoms with van der Waals surface area (Å²) in [6.07, 6.45) is 3.35. The Kier molecular flexibility index (Phi) is 7.65. The van der Waals surface area contributed by atoms with Crippen molar-refractivity contribution in [2.24, 2.45) is 5.16 Å². The molecule has 1 N–H and O–H groups in total. The van der Waals surface area contributed by atoms with Gasteiger partial charge in [-0.3, -0.25) is 4.79 Å². The predicted molar refractivity (Wildman–Crippen MR) is 157 cm³/mol. The maximum Gasteiger partial charge on any atom is 0.321 e. The highest BCUT2D eigenvalue weighted by atomic mass is 35.5. The number of urea groups is 1. The number of piperidine rings is 1. The highest BCUT2D eigenvalue weighted by molar-refractivity contribution is 6.39. The van der Waals surface area contributed by atoms with Gasteiger partial charge in [0.25, 0.3) is 5.91 Å². The fourth-order valence-electron chi connectivity index (χ4n) is 5.40. The zero-order chi connectivity index (χ0) is 28.2. The van der Waals surface area contributed by atoms with Crippen LogP contribution in [0.15, 0.2) is 78.1 Å². The minimum Gasteiger partial charge on any atom is -0.455 e. The molecule has 2 aromatic carbocycles. The Bertz CT molecular complexity index is 1440. The molecule has 0 aliphatic carbocycles. The monoisotopic (exact) mass is 574 g/mol. The van der Waals surface area contributed by atoms with Crippen LogP contribution in [0.25, 0.3) is 0 Å². The normalized spacial score (nSPS) is 18.1. The van der Waals surface area contributed by atoms with E-state index in [0.29, 0.717) is 86.5 Å². The summed E-state index contributed by atoms with van der Waals surface area (Å²) in [5, 5.41) is 7.80. The molecule has 1 aromatic heterocycles. The van der Waals surface area contributed by atoms with Crippen LogP contribution in [0, 0.1) is 0 Å². The predicted octanol–water partition coefficient (Wildman–Crippen LogP) is 5.02. The number of hydrogen-bond acceptors (Lipinski definition) is 7. The summed E-state index contributed by atoms with van der Waals surface area (Å²) in [6.45, 7) is 3.39. The SMILES string of the molecule is O=C(Nc1ccccc1Oc1ccccc1)N1CCC2(CC1)CC(C(=O)N1CCN(c3ncccc3Cl)CC1)=NO2. The first kappa shape index (κ1) is 26.9. The first-order valence-electron chi connectivity index (χ1n) is 13.8. The van der Waals surface area contributed by atoms with Crippen molar-refractivity contribution in [1.82, 2.24) is 14.8 Å². The van der Waals surface area contributed by atoms with Crippen molar-refractivity contribution in [2.45, 2.75) is 24.9 Å². The van der Waals surface area contributed by atoms with E-state index in [9.17, 15) is 9.59 Å². The fourth-order valence-corrected chi connectivity index (χ4v) is 5.65. The van der Waals surface area contributed by atoms with Gasteiger partial charge in [0.2, 0.25) is 0 Å².